The quantitative estimate of drug-likeness (QED) is 0.291. The van der Waals surface area contributed by atoms with Crippen molar-refractivity contribution >= 4 is 23.6 Å². The lowest BCUT2D eigenvalue weighted by molar-refractivity contribution is -0.130. The molecule has 0 aromatic heterocycles. The Balaban J connectivity index is 1.50. The van der Waals surface area contributed by atoms with Gasteiger partial charge in [0.25, 0.3) is 11.8 Å². The fourth-order valence-corrected chi connectivity index (χ4v) is 2.77. The average Bonchev–Trinajstić information content (AvgIpc) is 2.83. The van der Waals surface area contributed by atoms with Gasteiger partial charge in [0, 0.05) is 12.8 Å². The minimum atomic E-state index is -0.488. The van der Waals surface area contributed by atoms with E-state index < -0.39 is 11.8 Å². The molecule has 0 fully saturated rings. The van der Waals surface area contributed by atoms with E-state index in [1.165, 1.54) is 0 Å². The Morgan fingerprint density at radius 3 is 1.32 bits per heavy atom. The van der Waals surface area contributed by atoms with Gasteiger partial charge in [-0.25, -0.2) is 0 Å². The Labute approximate surface area is 198 Å². The third kappa shape index (κ3) is 10.0. The summed E-state index contributed by atoms with van der Waals surface area (Å²) < 4.78 is 10.8. The van der Waals surface area contributed by atoms with Crippen molar-refractivity contribution in [2.45, 2.75) is 39.5 Å². The third-order valence-corrected chi connectivity index (χ3v) is 4.65. The molecule has 0 radical (unpaired) electrons. The van der Waals surface area contributed by atoms with Gasteiger partial charge in [0.2, 0.25) is 11.8 Å². The summed E-state index contributed by atoms with van der Waals surface area (Å²) in [4.78, 5) is 47.2. The molecule has 0 spiro atoms. The van der Waals surface area contributed by atoms with Crippen molar-refractivity contribution in [1.29, 1.82) is 0 Å². The zero-order chi connectivity index (χ0) is 24.8. The summed E-state index contributed by atoms with van der Waals surface area (Å²) in [5.41, 5.74) is 11.0. The van der Waals surface area contributed by atoms with Gasteiger partial charge in [0.1, 0.15) is 11.5 Å². The molecule has 0 aliphatic carbocycles. The topological polar surface area (TPSA) is 135 Å². The minimum absolute atomic E-state index is 0.128. The number of nitrogens with one attached hydrogen (secondary N) is 4. The lowest BCUT2D eigenvalue weighted by atomic mass is 10.2. The van der Waals surface area contributed by atoms with Gasteiger partial charge in [-0.3, -0.25) is 40.9 Å². The number of ether oxygens (including phenoxy) is 2. The standard InChI is InChI=1S/C24H30N4O6/c1-17-9-3-5-11-19(17)33-15-23(31)27-25-21(29)13-7-8-14-22(30)26-28-24(32)16-34-20-12-6-4-10-18(20)2/h3-6,9-12H,7-8,13-16H2,1-2H3,(H,25,29)(H,26,30)(H,27,31)(H,28,32). The molecule has 2 rings (SSSR count). The number of hydrazine groups is 2. The summed E-state index contributed by atoms with van der Waals surface area (Å²) in [6.07, 6.45) is 1.12. The summed E-state index contributed by atoms with van der Waals surface area (Å²) in [6, 6.07) is 14.6. The molecule has 182 valence electrons. The molecule has 0 heterocycles. The number of benzene rings is 2. The fourth-order valence-electron chi connectivity index (χ4n) is 2.77. The maximum atomic E-state index is 11.8. The molecule has 0 atom stereocenters. The first-order valence-corrected chi connectivity index (χ1v) is 10.9. The van der Waals surface area contributed by atoms with Crippen molar-refractivity contribution in [2.24, 2.45) is 0 Å². The van der Waals surface area contributed by atoms with E-state index >= 15 is 0 Å². The molecule has 34 heavy (non-hydrogen) atoms. The Hall–Kier alpha value is -4.08. The highest BCUT2D eigenvalue weighted by molar-refractivity contribution is 5.83. The van der Waals surface area contributed by atoms with E-state index in [1.54, 1.807) is 24.3 Å². The molecule has 0 bridgehead atoms. The lowest BCUT2D eigenvalue weighted by Gasteiger charge is -2.11. The van der Waals surface area contributed by atoms with Crippen LogP contribution < -0.4 is 31.2 Å². The van der Waals surface area contributed by atoms with Crippen molar-refractivity contribution in [3.8, 4) is 11.5 Å². The zero-order valence-electron chi connectivity index (χ0n) is 19.3. The number of hydrogen-bond donors (Lipinski definition) is 4. The van der Waals surface area contributed by atoms with Crippen LogP contribution in [0.3, 0.4) is 0 Å². The first-order valence-electron chi connectivity index (χ1n) is 10.9. The Bertz CT molecular complexity index is 915. The van der Waals surface area contributed by atoms with Crippen LogP contribution in [0.15, 0.2) is 48.5 Å². The van der Waals surface area contributed by atoms with Gasteiger partial charge >= 0.3 is 0 Å². The highest BCUT2D eigenvalue weighted by atomic mass is 16.5. The van der Waals surface area contributed by atoms with Gasteiger partial charge < -0.3 is 9.47 Å². The van der Waals surface area contributed by atoms with E-state index in [9.17, 15) is 19.2 Å². The van der Waals surface area contributed by atoms with Crippen LogP contribution in [0.1, 0.15) is 36.8 Å². The predicted molar refractivity (Wildman–Crippen MR) is 124 cm³/mol. The summed E-state index contributed by atoms with van der Waals surface area (Å²) in [5, 5.41) is 0. The number of aryl methyl sites for hydroxylation is 2. The maximum absolute atomic E-state index is 11.8. The van der Waals surface area contributed by atoms with Crippen LogP contribution in [-0.4, -0.2) is 36.8 Å². The van der Waals surface area contributed by atoms with Crippen LogP contribution in [0.2, 0.25) is 0 Å². The van der Waals surface area contributed by atoms with Crippen molar-refractivity contribution in [1.82, 2.24) is 21.7 Å². The minimum Gasteiger partial charge on any atom is -0.483 e. The molecule has 2 aromatic rings. The second-order valence-electron chi connectivity index (χ2n) is 7.51. The van der Waals surface area contributed by atoms with Crippen LogP contribution in [-0.2, 0) is 19.2 Å². The van der Waals surface area contributed by atoms with Crippen molar-refractivity contribution in [3.63, 3.8) is 0 Å². The summed E-state index contributed by atoms with van der Waals surface area (Å²) in [7, 11) is 0. The molecule has 10 nitrogen and oxygen atoms in total. The molecule has 2 aromatic carbocycles. The highest BCUT2D eigenvalue weighted by Crippen LogP contribution is 2.16. The number of para-hydroxylation sites is 2. The molecule has 0 saturated carbocycles. The van der Waals surface area contributed by atoms with Gasteiger partial charge in [-0.1, -0.05) is 36.4 Å². The molecule has 0 aliphatic heterocycles. The van der Waals surface area contributed by atoms with Crippen LogP contribution in [0.25, 0.3) is 0 Å². The van der Waals surface area contributed by atoms with Gasteiger partial charge in [-0.2, -0.15) is 0 Å². The fraction of sp³-hybridized carbons (Fsp3) is 0.333. The molecule has 10 heteroatoms. The summed E-state index contributed by atoms with van der Waals surface area (Å²) in [5.74, 6) is -0.552. The maximum Gasteiger partial charge on any atom is 0.276 e. The van der Waals surface area contributed by atoms with Gasteiger partial charge in [0.15, 0.2) is 13.2 Å². The molecule has 4 amide bonds. The first-order chi connectivity index (χ1) is 16.3. The van der Waals surface area contributed by atoms with Crippen molar-refractivity contribution in [3.05, 3.63) is 59.7 Å². The van der Waals surface area contributed by atoms with Crippen LogP contribution >= 0.6 is 0 Å². The monoisotopic (exact) mass is 470 g/mol. The third-order valence-electron chi connectivity index (χ3n) is 4.65. The second kappa shape index (κ2) is 14.1. The van der Waals surface area contributed by atoms with Gasteiger partial charge in [-0.15, -0.1) is 0 Å². The molecular formula is C24H30N4O6. The van der Waals surface area contributed by atoms with E-state index in [0.717, 1.165) is 11.1 Å². The molecule has 0 aliphatic rings. The zero-order valence-corrected chi connectivity index (χ0v) is 19.3. The predicted octanol–water partition coefficient (Wildman–Crippen LogP) is 1.62. The summed E-state index contributed by atoms with van der Waals surface area (Å²) >= 11 is 0. The SMILES string of the molecule is Cc1ccccc1OCC(=O)NNC(=O)CCCCC(=O)NNC(=O)COc1ccccc1C. The first kappa shape index (κ1) is 26.2. The van der Waals surface area contributed by atoms with E-state index in [4.69, 9.17) is 9.47 Å². The van der Waals surface area contributed by atoms with Gasteiger partial charge in [-0.05, 0) is 49.9 Å². The van der Waals surface area contributed by atoms with Crippen LogP contribution in [0.5, 0.6) is 11.5 Å². The number of rotatable bonds is 11. The number of hydrogen-bond acceptors (Lipinski definition) is 6. The van der Waals surface area contributed by atoms with Crippen LogP contribution in [0, 0.1) is 13.8 Å². The Morgan fingerprint density at radius 2 is 0.941 bits per heavy atom. The van der Waals surface area contributed by atoms with Gasteiger partial charge in [0.05, 0.1) is 0 Å². The number of carbonyl (C=O) groups is 4. The highest BCUT2D eigenvalue weighted by Gasteiger charge is 2.09. The second-order valence-corrected chi connectivity index (χ2v) is 7.51. The molecule has 0 saturated heterocycles. The molecule has 4 N–H and O–H groups in total. The normalized spacial score (nSPS) is 10.1. The van der Waals surface area contributed by atoms with E-state index in [0.29, 0.717) is 24.3 Å². The van der Waals surface area contributed by atoms with E-state index in [-0.39, 0.29) is 37.9 Å². The smallest absolute Gasteiger partial charge is 0.276 e. The Kier molecular flexibility index (Phi) is 10.9. The Morgan fingerprint density at radius 1 is 0.588 bits per heavy atom. The van der Waals surface area contributed by atoms with E-state index in [1.807, 2.05) is 38.1 Å². The van der Waals surface area contributed by atoms with Crippen molar-refractivity contribution < 1.29 is 28.7 Å². The van der Waals surface area contributed by atoms with Crippen LogP contribution in [0.4, 0.5) is 0 Å². The average molecular weight is 471 g/mol. The number of unbranched alkanes of at least 4 members (excludes halogenated alkanes) is 1. The lowest BCUT2D eigenvalue weighted by Crippen LogP contribution is -2.44. The van der Waals surface area contributed by atoms with Crippen molar-refractivity contribution in [2.75, 3.05) is 13.2 Å². The van der Waals surface area contributed by atoms with E-state index in [2.05, 4.69) is 21.7 Å². The molecular weight excluding hydrogens is 440 g/mol. The number of carbonyl (C=O) groups excluding carboxylic acids is 4. The largest absolute Gasteiger partial charge is 0.483 e. The summed E-state index contributed by atoms with van der Waals surface area (Å²) in [6.45, 7) is 3.27. The molecule has 0 unspecified atom stereocenters. The number of amides is 4.